The molecule has 2 heterocycles. The van der Waals surface area contributed by atoms with Crippen LogP contribution < -0.4 is 59.1 Å². The third-order valence-electron chi connectivity index (χ3n) is 4.96. The maximum atomic E-state index is 11.7. The number of hydrogen-bond donors (Lipinski definition) is 0. The summed E-state index contributed by atoms with van der Waals surface area (Å²) in [7, 11) is -10.0. The van der Waals surface area contributed by atoms with Gasteiger partial charge in [-0.05, 0) is 25.5 Å². The van der Waals surface area contributed by atoms with Crippen LogP contribution in [0.1, 0.15) is 25.3 Å². The zero-order valence-electron chi connectivity index (χ0n) is 17.6. The van der Waals surface area contributed by atoms with E-state index >= 15 is 0 Å². The fraction of sp³-hybridized carbons (Fsp3) is 0.412. The molecule has 1 aliphatic carbocycles. The van der Waals surface area contributed by atoms with Crippen LogP contribution in [0, 0.1) is 0 Å². The van der Waals surface area contributed by atoms with Crippen molar-refractivity contribution in [2.45, 2.75) is 43.9 Å². The van der Waals surface area contributed by atoms with E-state index in [9.17, 15) is 25.9 Å². The molecule has 0 amide bonds. The quantitative estimate of drug-likeness (QED) is 0.203. The average molecular weight is 568 g/mol. The third-order valence-corrected chi connectivity index (χ3v) is 6.91. The Morgan fingerprint density at radius 1 is 1.09 bits per heavy atom. The third kappa shape index (κ3) is 5.73. The summed E-state index contributed by atoms with van der Waals surface area (Å²) < 4.78 is 87.2. The van der Waals surface area contributed by atoms with Crippen LogP contribution in [-0.2, 0) is 34.4 Å². The van der Waals surface area contributed by atoms with Gasteiger partial charge in [-0.3, -0.25) is 8.16 Å². The van der Waals surface area contributed by atoms with Crippen molar-refractivity contribution in [3.05, 3.63) is 46.6 Å². The fourth-order valence-electron chi connectivity index (χ4n) is 3.95. The molecule has 2 aliphatic rings. The van der Waals surface area contributed by atoms with Crippen LogP contribution >= 0.6 is 15.9 Å². The molecule has 0 unspecified atom stereocenters. The topological polar surface area (TPSA) is 147 Å². The van der Waals surface area contributed by atoms with E-state index in [0.29, 0.717) is 13.8 Å². The average Bonchev–Trinajstić information content (AvgIpc) is 3.14. The molecule has 4 atom stereocenters. The first-order chi connectivity index (χ1) is 13.8. The van der Waals surface area contributed by atoms with Gasteiger partial charge in [-0.15, -0.1) is 0 Å². The van der Waals surface area contributed by atoms with Crippen molar-refractivity contribution in [2.75, 3.05) is 0 Å². The zero-order chi connectivity index (χ0) is 22.1. The Labute approximate surface area is 238 Å². The summed E-state index contributed by atoms with van der Waals surface area (Å²) in [5.74, 6) is -2.02. The van der Waals surface area contributed by atoms with E-state index in [-0.39, 0.29) is 70.2 Å². The van der Waals surface area contributed by atoms with E-state index in [1.807, 2.05) is 0 Å². The fourth-order valence-corrected chi connectivity index (χ4v) is 5.73. The van der Waals surface area contributed by atoms with E-state index in [0.717, 1.165) is 6.20 Å². The van der Waals surface area contributed by atoms with E-state index in [1.165, 1.54) is 6.07 Å². The number of ether oxygens (including phenoxy) is 2. The van der Waals surface area contributed by atoms with Crippen LogP contribution in [0.25, 0.3) is 10.9 Å². The summed E-state index contributed by atoms with van der Waals surface area (Å²) in [5, 5.41) is 0.381. The van der Waals surface area contributed by atoms with Crippen molar-refractivity contribution in [2.24, 2.45) is 0 Å². The summed E-state index contributed by atoms with van der Waals surface area (Å²) in [4.78, 5) is 0. The van der Waals surface area contributed by atoms with E-state index < -0.39 is 50.7 Å². The maximum Gasteiger partial charge on any atom is 1.00 e. The number of para-hydroxylation sites is 1. The molecule has 0 saturated carbocycles. The molecule has 0 bridgehead atoms. The Kier molecular flexibility index (Phi) is 9.01. The molecule has 4 rings (SSSR count). The number of halogens is 1. The van der Waals surface area contributed by atoms with Gasteiger partial charge in [0, 0.05) is 22.0 Å². The van der Waals surface area contributed by atoms with Gasteiger partial charge < -0.3 is 18.6 Å². The van der Waals surface area contributed by atoms with E-state index in [2.05, 4.69) is 15.9 Å². The summed E-state index contributed by atoms with van der Waals surface area (Å²) in [6, 6.07) is 6.22. The molecule has 0 radical (unpaired) electrons. The van der Waals surface area contributed by atoms with Gasteiger partial charge >= 0.3 is 59.1 Å². The standard InChI is InChI=1S/C17H18BrNO9S2.2Na/c1-17(2)26-15-12(18)7-10(14(16(15)27-17)28-30(23,24)25)11-8-19(29(20,21)22)13-6-4-3-5-9(11)13;;/h3-8,10,14-16H,1-2H3,(H,20,21,22)(H,23,24,25);;/q;2*+1/p-2/t10-,14-,15-,16+;;/m1../s1. The second kappa shape index (κ2) is 9.97. The van der Waals surface area contributed by atoms with Crippen molar-refractivity contribution in [3.63, 3.8) is 0 Å². The SMILES string of the molecule is CC1(C)O[C@H]2[C@H](OS(=O)(=O)[O-])[C@@H](c3cn(S(=O)(=O)[O-])c4ccccc34)C=C(Br)[C@H]2O1.[Na+].[Na+]. The largest absolute Gasteiger partial charge is 1.00 e. The Morgan fingerprint density at radius 2 is 1.72 bits per heavy atom. The van der Waals surface area contributed by atoms with Gasteiger partial charge in [0.15, 0.2) is 16.1 Å². The maximum absolute atomic E-state index is 11.7. The summed E-state index contributed by atoms with van der Waals surface area (Å²) in [6.45, 7) is 3.25. The van der Waals surface area contributed by atoms with Crippen molar-refractivity contribution >= 4 is 47.5 Å². The minimum Gasteiger partial charge on any atom is -0.731 e. The van der Waals surface area contributed by atoms with Crippen LogP contribution in [-0.4, -0.2) is 54.0 Å². The Balaban J connectivity index is 0.00000181. The van der Waals surface area contributed by atoms with Crippen molar-refractivity contribution < 1.29 is 98.7 Å². The molecule has 1 aromatic carbocycles. The number of aromatic nitrogens is 1. The summed E-state index contributed by atoms with van der Waals surface area (Å²) >= 11 is 3.39. The monoisotopic (exact) mass is 567 g/mol. The summed E-state index contributed by atoms with van der Waals surface area (Å²) in [6.07, 6.45) is -0.415. The number of nitrogens with zero attached hydrogens (tertiary/aromatic N) is 1. The first-order valence-corrected chi connectivity index (χ1v) is 12.2. The number of rotatable bonds is 4. The molecule has 1 fully saturated rings. The van der Waals surface area contributed by atoms with Crippen molar-refractivity contribution in [1.29, 1.82) is 0 Å². The van der Waals surface area contributed by atoms with Crippen LogP contribution in [0.2, 0.25) is 0 Å². The second-order valence-corrected chi connectivity index (χ2v) is 10.6. The normalized spacial score (nSPS) is 27.2. The van der Waals surface area contributed by atoms with Crippen LogP contribution in [0.5, 0.6) is 0 Å². The van der Waals surface area contributed by atoms with E-state index in [4.69, 9.17) is 13.7 Å². The van der Waals surface area contributed by atoms with Gasteiger partial charge in [-0.2, -0.15) is 0 Å². The van der Waals surface area contributed by atoms with Gasteiger partial charge in [0.05, 0.1) is 5.52 Å². The molecule has 1 saturated heterocycles. The van der Waals surface area contributed by atoms with Crippen molar-refractivity contribution in [3.8, 4) is 0 Å². The second-order valence-electron chi connectivity index (χ2n) is 7.42. The predicted molar refractivity (Wildman–Crippen MR) is 105 cm³/mol. The van der Waals surface area contributed by atoms with Gasteiger partial charge in [-0.25, -0.2) is 16.8 Å². The zero-order valence-corrected chi connectivity index (χ0v) is 24.8. The molecule has 1 aromatic heterocycles. The Morgan fingerprint density at radius 3 is 2.31 bits per heavy atom. The smallest absolute Gasteiger partial charge is 0.731 e. The molecule has 0 spiro atoms. The molecule has 32 heavy (non-hydrogen) atoms. The molecule has 15 heteroatoms. The number of fused-ring (bicyclic) bond motifs is 2. The minimum atomic E-state index is -5.15. The first kappa shape index (κ1) is 28.9. The molecule has 10 nitrogen and oxygen atoms in total. The van der Waals surface area contributed by atoms with Crippen LogP contribution in [0.4, 0.5) is 0 Å². The van der Waals surface area contributed by atoms with Gasteiger partial charge in [0.1, 0.15) is 18.3 Å². The molecule has 164 valence electrons. The van der Waals surface area contributed by atoms with Crippen LogP contribution in [0.3, 0.4) is 0 Å². The number of benzene rings is 1. The van der Waals surface area contributed by atoms with E-state index in [1.54, 1.807) is 38.1 Å². The molecule has 2 aromatic rings. The van der Waals surface area contributed by atoms with Gasteiger partial charge in [0.2, 0.25) is 10.4 Å². The molecule has 1 aliphatic heterocycles. The van der Waals surface area contributed by atoms with Gasteiger partial charge in [0.25, 0.3) is 0 Å². The minimum absolute atomic E-state index is 0. The van der Waals surface area contributed by atoms with Crippen LogP contribution in [0.15, 0.2) is 41.0 Å². The van der Waals surface area contributed by atoms with Gasteiger partial charge in [-0.1, -0.05) is 40.2 Å². The van der Waals surface area contributed by atoms with Crippen molar-refractivity contribution in [1.82, 2.24) is 3.97 Å². The number of hydrogen-bond acceptors (Lipinski definition) is 9. The Hall–Kier alpha value is 0.680. The molecule has 0 N–H and O–H groups in total. The summed E-state index contributed by atoms with van der Waals surface area (Å²) in [5.41, 5.74) is 0.393. The Bertz CT molecular complexity index is 1260. The molecular formula is C17H16BrNNa2O9S2. The predicted octanol–water partition coefficient (Wildman–Crippen LogP) is -4.30. The first-order valence-electron chi connectivity index (χ1n) is 8.70. The molecular weight excluding hydrogens is 552 g/mol.